The summed E-state index contributed by atoms with van der Waals surface area (Å²) in [6, 6.07) is 12.6. The van der Waals surface area contributed by atoms with Gasteiger partial charge in [0.15, 0.2) is 5.78 Å². The standard InChI is InChI=1S/C18H15ClO3/c1-11-2-5-14(22-13-6-3-12(19)4-7-13)10-15(11)18-16(20)8-9-17(18)21/h2-7,10,20H,8-9H2,1H3. The van der Waals surface area contributed by atoms with Gasteiger partial charge in [-0.05, 0) is 54.4 Å². The van der Waals surface area contributed by atoms with Crippen LogP contribution in [0.4, 0.5) is 0 Å². The maximum Gasteiger partial charge on any atom is 0.167 e. The predicted molar refractivity (Wildman–Crippen MR) is 86.5 cm³/mol. The number of allylic oxidation sites excluding steroid dienone is 2. The van der Waals surface area contributed by atoms with Gasteiger partial charge in [-0.2, -0.15) is 0 Å². The zero-order valence-corrected chi connectivity index (χ0v) is 12.9. The number of halogens is 1. The van der Waals surface area contributed by atoms with Crippen LogP contribution < -0.4 is 4.74 Å². The number of carbonyl (C=O) groups is 1. The van der Waals surface area contributed by atoms with Crippen LogP contribution in [0.5, 0.6) is 11.5 Å². The fourth-order valence-electron chi connectivity index (χ4n) is 2.52. The van der Waals surface area contributed by atoms with Gasteiger partial charge in [0.2, 0.25) is 0 Å². The van der Waals surface area contributed by atoms with E-state index >= 15 is 0 Å². The summed E-state index contributed by atoms with van der Waals surface area (Å²) in [4.78, 5) is 12.0. The van der Waals surface area contributed by atoms with Gasteiger partial charge in [0, 0.05) is 17.9 Å². The Morgan fingerprint density at radius 2 is 1.73 bits per heavy atom. The molecule has 4 heteroatoms. The fourth-order valence-corrected chi connectivity index (χ4v) is 2.65. The molecule has 1 aliphatic carbocycles. The molecular weight excluding hydrogens is 300 g/mol. The van der Waals surface area contributed by atoms with Crippen molar-refractivity contribution in [1.29, 1.82) is 0 Å². The third-order valence-electron chi connectivity index (χ3n) is 3.68. The van der Waals surface area contributed by atoms with Crippen LogP contribution in [0.15, 0.2) is 48.2 Å². The van der Waals surface area contributed by atoms with E-state index in [0.717, 1.165) is 11.1 Å². The van der Waals surface area contributed by atoms with E-state index in [9.17, 15) is 9.90 Å². The fraction of sp³-hybridized carbons (Fsp3) is 0.167. The Bertz CT molecular complexity index is 760. The number of hydrogen-bond donors (Lipinski definition) is 1. The first-order chi connectivity index (χ1) is 10.5. The second kappa shape index (κ2) is 5.85. The molecule has 1 N–H and O–H groups in total. The Morgan fingerprint density at radius 1 is 1.05 bits per heavy atom. The van der Waals surface area contributed by atoms with Crippen molar-refractivity contribution in [2.75, 3.05) is 0 Å². The van der Waals surface area contributed by atoms with Crippen LogP contribution in [0, 0.1) is 6.92 Å². The third kappa shape index (κ3) is 2.85. The Kier molecular flexibility index (Phi) is 3.90. The van der Waals surface area contributed by atoms with Crippen molar-refractivity contribution < 1.29 is 14.6 Å². The van der Waals surface area contributed by atoms with Gasteiger partial charge in [-0.1, -0.05) is 17.7 Å². The van der Waals surface area contributed by atoms with E-state index in [4.69, 9.17) is 16.3 Å². The number of Topliss-reactive ketones (excluding diaryl/α,β-unsaturated/α-hetero) is 1. The molecule has 0 spiro atoms. The first kappa shape index (κ1) is 14.7. The molecule has 112 valence electrons. The van der Waals surface area contributed by atoms with Crippen molar-refractivity contribution in [3.8, 4) is 11.5 Å². The highest BCUT2D eigenvalue weighted by Crippen LogP contribution is 2.34. The van der Waals surface area contributed by atoms with E-state index in [1.807, 2.05) is 19.1 Å². The Balaban J connectivity index is 1.95. The number of rotatable bonds is 3. The quantitative estimate of drug-likeness (QED) is 0.860. The molecule has 0 atom stereocenters. The van der Waals surface area contributed by atoms with Crippen molar-refractivity contribution >= 4 is 23.0 Å². The molecule has 0 bridgehead atoms. The lowest BCUT2D eigenvalue weighted by molar-refractivity contribution is -0.113. The zero-order valence-electron chi connectivity index (χ0n) is 12.1. The summed E-state index contributed by atoms with van der Waals surface area (Å²) in [7, 11) is 0. The van der Waals surface area contributed by atoms with Crippen LogP contribution in [0.1, 0.15) is 24.0 Å². The highest BCUT2D eigenvalue weighted by Gasteiger charge is 2.25. The van der Waals surface area contributed by atoms with Crippen molar-refractivity contribution in [2.24, 2.45) is 0 Å². The third-order valence-corrected chi connectivity index (χ3v) is 3.94. The van der Waals surface area contributed by atoms with Crippen LogP contribution in [-0.2, 0) is 4.79 Å². The molecule has 0 fully saturated rings. The number of hydrogen-bond acceptors (Lipinski definition) is 3. The first-order valence-corrected chi connectivity index (χ1v) is 7.42. The van der Waals surface area contributed by atoms with E-state index in [-0.39, 0.29) is 11.5 Å². The normalized spacial score (nSPS) is 14.5. The molecule has 0 unspecified atom stereocenters. The van der Waals surface area contributed by atoms with Crippen LogP contribution in [0.25, 0.3) is 5.57 Å². The van der Waals surface area contributed by atoms with Crippen molar-refractivity contribution in [1.82, 2.24) is 0 Å². The summed E-state index contributed by atoms with van der Waals surface area (Å²) in [5, 5.41) is 10.6. The maximum atomic E-state index is 12.0. The molecule has 0 saturated carbocycles. The molecule has 0 radical (unpaired) electrons. The van der Waals surface area contributed by atoms with E-state index in [0.29, 0.717) is 34.9 Å². The van der Waals surface area contributed by atoms with Crippen molar-refractivity contribution in [3.63, 3.8) is 0 Å². The van der Waals surface area contributed by atoms with Crippen LogP contribution in [0.2, 0.25) is 5.02 Å². The SMILES string of the molecule is Cc1ccc(Oc2ccc(Cl)cc2)cc1C1=C(O)CCC1=O. The van der Waals surface area contributed by atoms with Gasteiger partial charge in [-0.15, -0.1) is 0 Å². The van der Waals surface area contributed by atoms with Gasteiger partial charge in [-0.3, -0.25) is 4.79 Å². The predicted octanol–water partition coefficient (Wildman–Crippen LogP) is 5.07. The Labute approximate surface area is 133 Å². The molecule has 3 nitrogen and oxygen atoms in total. The molecular formula is C18H15ClO3. The molecule has 0 saturated heterocycles. The molecule has 0 heterocycles. The molecule has 22 heavy (non-hydrogen) atoms. The van der Waals surface area contributed by atoms with Crippen LogP contribution >= 0.6 is 11.6 Å². The number of ketones is 1. The van der Waals surface area contributed by atoms with Crippen LogP contribution in [-0.4, -0.2) is 10.9 Å². The van der Waals surface area contributed by atoms with Crippen LogP contribution in [0.3, 0.4) is 0 Å². The molecule has 2 aromatic carbocycles. The smallest absolute Gasteiger partial charge is 0.167 e. The average Bonchev–Trinajstić information content (AvgIpc) is 2.83. The lowest BCUT2D eigenvalue weighted by atomic mass is 9.98. The number of aryl methyl sites for hydroxylation is 1. The van der Waals surface area contributed by atoms with Gasteiger partial charge >= 0.3 is 0 Å². The summed E-state index contributed by atoms with van der Waals surface area (Å²) < 4.78 is 5.78. The minimum Gasteiger partial charge on any atom is -0.512 e. The minimum absolute atomic E-state index is 0.0238. The molecule has 3 rings (SSSR count). The summed E-state index contributed by atoms with van der Waals surface area (Å²) >= 11 is 5.85. The summed E-state index contributed by atoms with van der Waals surface area (Å²) in [6.45, 7) is 1.91. The minimum atomic E-state index is -0.0238. The second-order valence-electron chi connectivity index (χ2n) is 5.28. The van der Waals surface area contributed by atoms with Gasteiger partial charge in [-0.25, -0.2) is 0 Å². The summed E-state index contributed by atoms with van der Waals surface area (Å²) in [5.74, 6) is 1.42. The lowest BCUT2D eigenvalue weighted by Gasteiger charge is -2.11. The largest absolute Gasteiger partial charge is 0.512 e. The van der Waals surface area contributed by atoms with Gasteiger partial charge in [0.1, 0.15) is 17.3 Å². The lowest BCUT2D eigenvalue weighted by Crippen LogP contribution is -1.99. The highest BCUT2D eigenvalue weighted by atomic mass is 35.5. The van der Waals surface area contributed by atoms with Crippen molar-refractivity contribution in [3.05, 3.63) is 64.4 Å². The topological polar surface area (TPSA) is 46.5 Å². The zero-order chi connectivity index (χ0) is 15.7. The molecule has 0 aliphatic heterocycles. The van der Waals surface area contributed by atoms with Gasteiger partial charge < -0.3 is 9.84 Å². The highest BCUT2D eigenvalue weighted by molar-refractivity contribution is 6.30. The van der Waals surface area contributed by atoms with E-state index in [1.54, 1.807) is 30.3 Å². The van der Waals surface area contributed by atoms with E-state index < -0.39 is 0 Å². The van der Waals surface area contributed by atoms with Crippen molar-refractivity contribution in [2.45, 2.75) is 19.8 Å². The number of aliphatic hydroxyl groups excluding tert-OH is 1. The Hall–Kier alpha value is -2.26. The molecule has 1 aliphatic rings. The maximum absolute atomic E-state index is 12.0. The molecule has 0 aromatic heterocycles. The number of carbonyl (C=O) groups excluding carboxylic acids is 1. The summed E-state index contributed by atoms with van der Waals surface area (Å²) in [6.07, 6.45) is 0.777. The first-order valence-electron chi connectivity index (χ1n) is 7.04. The van der Waals surface area contributed by atoms with Gasteiger partial charge in [0.05, 0.1) is 5.57 Å². The number of benzene rings is 2. The monoisotopic (exact) mass is 314 g/mol. The number of aliphatic hydroxyl groups is 1. The summed E-state index contributed by atoms with van der Waals surface area (Å²) in [5.41, 5.74) is 2.07. The number of ether oxygens (including phenoxy) is 1. The van der Waals surface area contributed by atoms with E-state index in [2.05, 4.69) is 0 Å². The van der Waals surface area contributed by atoms with E-state index in [1.165, 1.54) is 0 Å². The second-order valence-corrected chi connectivity index (χ2v) is 5.71. The molecule has 2 aromatic rings. The van der Waals surface area contributed by atoms with Gasteiger partial charge in [0.25, 0.3) is 0 Å². The molecule has 0 amide bonds. The Morgan fingerprint density at radius 3 is 2.36 bits per heavy atom. The average molecular weight is 315 g/mol.